The Hall–Kier alpha value is -2.41. The molecule has 0 spiro atoms. The van der Waals surface area contributed by atoms with E-state index in [-0.39, 0.29) is 12.5 Å². The van der Waals surface area contributed by atoms with Crippen LogP contribution in [0.25, 0.3) is 0 Å². The highest BCUT2D eigenvalue weighted by molar-refractivity contribution is 5.94. The summed E-state index contributed by atoms with van der Waals surface area (Å²) in [6.07, 6.45) is 3.01. The predicted octanol–water partition coefficient (Wildman–Crippen LogP) is 2.89. The van der Waals surface area contributed by atoms with E-state index in [1.54, 1.807) is 31.2 Å². The molecule has 1 amide bonds. The lowest BCUT2D eigenvalue weighted by Crippen LogP contribution is -2.25. The summed E-state index contributed by atoms with van der Waals surface area (Å²) in [5, 5.41) is 6.63. The predicted molar refractivity (Wildman–Crippen MR) is 92.5 cm³/mol. The fourth-order valence-electron chi connectivity index (χ4n) is 2.08. The third-order valence-corrected chi connectivity index (χ3v) is 3.45. The first-order valence-electron chi connectivity index (χ1n) is 8.57. The number of carbonyl (C=O) groups is 1. The minimum Gasteiger partial charge on any atom is -0.485 e. The van der Waals surface area contributed by atoms with Crippen LogP contribution in [0.1, 0.15) is 48.3 Å². The van der Waals surface area contributed by atoms with E-state index in [4.69, 9.17) is 14.0 Å². The number of carbonyl (C=O) groups excluding carboxylic acids is 1. The Balaban J connectivity index is 1.67. The molecule has 2 rings (SSSR count). The van der Waals surface area contributed by atoms with Crippen molar-refractivity contribution in [3.05, 3.63) is 41.5 Å². The van der Waals surface area contributed by atoms with E-state index in [1.165, 1.54) is 0 Å². The van der Waals surface area contributed by atoms with E-state index in [2.05, 4.69) is 22.4 Å². The molecule has 1 N–H and O–H groups in total. The number of nitrogens with zero attached hydrogens (tertiary/aromatic N) is 2. The fourth-order valence-corrected chi connectivity index (χ4v) is 2.08. The molecular weight excluding hydrogens is 322 g/mol. The fraction of sp³-hybridized carbons (Fsp3) is 0.500. The molecule has 25 heavy (non-hydrogen) atoms. The Kier molecular flexibility index (Phi) is 7.91. The summed E-state index contributed by atoms with van der Waals surface area (Å²) >= 11 is 0. The van der Waals surface area contributed by atoms with E-state index < -0.39 is 0 Å². The average Bonchev–Trinajstić information content (AvgIpc) is 3.05. The normalized spacial score (nSPS) is 10.6. The molecular formula is C18H25N3O4. The van der Waals surface area contributed by atoms with Gasteiger partial charge in [-0.1, -0.05) is 18.5 Å². The Morgan fingerprint density at radius 1 is 1.20 bits per heavy atom. The Morgan fingerprint density at radius 3 is 2.64 bits per heavy atom. The largest absolute Gasteiger partial charge is 0.485 e. The summed E-state index contributed by atoms with van der Waals surface area (Å²) in [5.41, 5.74) is 0.592. The molecule has 0 aliphatic rings. The van der Waals surface area contributed by atoms with E-state index in [0.717, 1.165) is 25.9 Å². The number of ether oxygens (including phenoxy) is 2. The van der Waals surface area contributed by atoms with Gasteiger partial charge in [0, 0.05) is 32.2 Å². The van der Waals surface area contributed by atoms with Gasteiger partial charge >= 0.3 is 0 Å². The van der Waals surface area contributed by atoms with E-state index in [1.807, 2.05) is 0 Å². The van der Waals surface area contributed by atoms with Crippen LogP contribution in [0.2, 0.25) is 0 Å². The van der Waals surface area contributed by atoms with Crippen molar-refractivity contribution >= 4 is 5.91 Å². The maximum Gasteiger partial charge on any atom is 0.251 e. The lowest BCUT2D eigenvalue weighted by molar-refractivity contribution is 0.0940. The second kappa shape index (κ2) is 10.5. The van der Waals surface area contributed by atoms with Crippen LogP contribution in [0, 0.1) is 6.92 Å². The van der Waals surface area contributed by atoms with Crippen molar-refractivity contribution in [2.45, 2.75) is 39.7 Å². The van der Waals surface area contributed by atoms with Crippen LogP contribution in [-0.4, -0.2) is 35.8 Å². The van der Waals surface area contributed by atoms with Crippen molar-refractivity contribution in [1.82, 2.24) is 15.5 Å². The highest BCUT2D eigenvalue weighted by Gasteiger charge is 2.06. The molecule has 0 saturated heterocycles. The average molecular weight is 347 g/mol. The molecule has 136 valence electrons. The number of aromatic nitrogens is 2. The molecule has 1 aromatic carbocycles. The van der Waals surface area contributed by atoms with Crippen molar-refractivity contribution < 1.29 is 18.8 Å². The third kappa shape index (κ3) is 6.93. The quantitative estimate of drug-likeness (QED) is 0.629. The van der Waals surface area contributed by atoms with Crippen molar-refractivity contribution in [2.75, 3.05) is 19.8 Å². The molecule has 1 heterocycles. The van der Waals surface area contributed by atoms with Gasteiger partial charge < -0.3 is 19.3 Å². The van der Waals surface area contributed by atoms with Crippen LogP contribution in [0.5, 0.6) is 5.75 Å². The lowest BCUT2D eigenvalue weighted by Gasteiger charge is -2.07. The Bertz CT molecular complexity index is 640. The van der Waals surface area contributed by atoms with Gasteiger partial charge in [0.15, 0.2) is 6.61 Å². The summed E-state index contributed by atoms with van der Waals surface area (Å²) in [7, 11) is 0. The molecule has 0 radical (unpaired) electrons. The molecule has 0 atom stereocenters. The number of rotatable bonds is 11. The van der Waals surface area contributed by atoms with Gasteiger partial charge in [0.25, 0.3) is 5.91 Å². The number of hydrogen-bond donors (Lipinski definition) is 1. The molecule has 0 fully saturated rings. The highest BCUT2D eigenvalue weighted by Crippen LogP contribution is 2.13. The zero-order chi connectivity index (χ0) is 17.9. The standard InChI is InChI=1S/C18H25N3O4/c1-3-4-11-23-12-5-10-19-18(22)15-6-8-16(9-7-15)24-13-17-20-14(2)25-21-17/h6-9H,3-5,10-13H2,1-2H3,(H,19,22). The molecule has 2 aromatic rings. The second-order valence-electron chi connectivity index (χ2n) is 5.62. The van der Waals surface area contributed by atoms with Crippen molar-refractivity contribution in [3.63, 3.8) is 0 Å². The van der Waals surface area contributed by atoms with Gasteiger partial charge in [-0.05, 0) is 37.1 Å². The van der Waals surface area contributed by atoms with E-state index in [0.29, 0.717) is 36.2 Å². The zero-order valence-electron chi connectivity index (χ0n) is 14.8. The van der Waals surface area contributed by atoms with Crippen molar-refractivity contribution in [3.8, 4) is 5.75 Å². The van der Waals surface area contributed by atoms with Gasteiger partial charge in [-0.3, -0.25) is 4.79 Å². The summed E-state index contributed by atoms with van der Waals surface area (Å²) in [6.45, 7) is 6.13. The maximum atomic E-state index is 12.0. The van der Waals surface area contributed by atoms with Gasteiger partial charge in [0.2, 0.25) is 11.7 Å². The highest BCUT2D eigenvalue weighted by atomic mass is 16.5. The van der Waals surface area contributed by atoms with Gasteiger partial charge in [-0.2, -0.15) is 4.98 Å². The topological polar surface area (TPSA) is 86.5 Å². The lowest BCUT2D eigenvalue weighted by atomic mass is 10.2. The van der Waals surface area contributed by atoms with Gasteiger partial charge in [0.05, 0.1) is 0 Å². The summed E-state index contributed by atoms with van der Waals surface area (Å²) in [4.78, 5) is 16.1. The first kappa shape index (κ1) is 18.9. The zero-order valence-corrected chi connectivity index (χ0v) is 14.8. The van der Waals surface area contributed by atoms with Crippen molar-refractivity contribution in [2.24, 2.45) is 0 Å². The van der Waals surface area contributed by atoms with Crippen LogP contribution in [0.4, 0.5) is 0 Å². The summed E-state index contributed by atoms with van der Waals surface area (Å²) in [5.74, 6) is 1.53. The number of amides is 1. The van der Waals surface area contributed by atoms with Crippen LogP contribution in [-0.2, 0) is 11.3 Å². The molecule has 0 unspecified atom stereocenters. The van der Waals surface area contributed by atoms with Gasteiger partial charge in [-0.15, -0.1) is 0 Å². The Labute approximate surface area is 147 Å². The first-order valence-corrected chi connectivity index (χ1v) is 8.57. The van der Waals surface area contributed by atoms with Crippen molar-refractivity contribution in [1.29, 1.82) is 0 Å². The second-order valence-corrected chi connectivity index (χ2v) is 5.62. The monoisotopic (exact) mass is 347 g/mol. The summed E-state index contributed by atoms with van der Waals surface area (Å²) < 4.78 is 15.9. The third-order valence-electron chi connectivity index (χ3n) is 3.45. The van der Waals surface area contributed by atoms with Crippen LogP contribution >= 0.6 is 0 Å². The molecule has 7 heteroatoms. The number of aryl methyl sites for hydroxylation is 1. The van der Waals surface area contributed by atoms with E-state index >= 15 is 0 Å². The minimum atomic E-state index is -0.103. The number of hydrogen-bond acceptors (Lipinski definition) is 6. The van der Waals surface area contributed by atoms with Crippen LogP contribution < -0.4 is 10.1 Å². The minimum absolute atomic E-state index is 0.103. The number of nitrogens with one attached hydrogen (secondary N) is 1. The van der Waals surface area contributed by atoms with Crippen LogP contribution in [0.15, 0.2) is 28.8 Å². The Morgan fingerprint density at radius 2 is 1.96 bits per heavy atom. The van der Waals surface area contributed by atoms with Gasteiger partial charge in [-0.25, -0.2) is 0 Å². The molecule has 1 aromatic heterocycles. The molecule has 0 aliphatic heterocycles. The van der Waals surface area contributed by atoms with E-state index in [9.17, 15) is 4.79 Å². The molecule has 0 saturated carbocycles. The van der Waals surface area contributed by atoms with Gasteiger partial charge in [0.1, 0.15) is 5.75 Å². The molecule has 0 aliphatic carbocycles. The van der Waals surface area contributed by atoms with Crippen LogP contribution in [0.3, 0.4) is 0 Å². The number of benzene rings is 1. The maximum absolute atomic E-state index is 12.0. The summed E-state index contributed by atoms with van der Waals surface area (Å²) in [6, 6.07) is 6.94. The smallest absolute Gasteiger partial charge is 0.251 e. The molecule has 0 bridgehead atoms. The number of unbranched alkanes of at least 4 members (excludes halogenated alkanes) is 1. The molecule has 7 nitrogen and oxygen atoms in total. The first-order chi connectivity index (χ1) is 12.2. The SMILES string of the molecule is CCCCOCCCNC(=O)c1ccc(OCc2noc(C)n2)cc1.